The summed E-state index contributed by atoms with van der Waals surface area (Å²) >= 11 is 0. The summed E-state index contributed by atoms with van der Waals surface area (Å²) in [4.78, 5) is 25.7. The van der Waals surface area contributed by atoms with E-state index in [1.54, 1.807) is 48.5 Å². The molecule has 6 nitrogen and oxygen atoms in total. The van der Waals surface area contributed by atoms with Gasteiger partial charge in [0.2, 0.25) is 5.76 Å². The van der Waals surface area contributed by atoms with Gasteiger partial charge in [-0.15, -0.1) is 0 Å². The third kappa shape index (κ3) is 4.67. The van der Waals surface area contributed by atoms with Gasteiger partial charge in [-0.05, 0) is 48.5 Å². The molecule has 0 saturated heterocycles. The highest BCUT2D eigenvalue weighted by Gasteiger charge is 2.30. The van der Waals surface area contributed by atoms with E-state index in [-0.39, 0.29) is 17.0 Å². The van der Waals surface area contributed by atoms with E-state index < -0.39 is 23.6 Å². The first-order valence-corrected chi connectivity index (χ1v) is 9.72. The number of nitrogens with one attached hydrogen (secondary N) is 2. The normalized spacial score (nSPS) is 11.3. The summed E-state index contributed by atoms with van der Waals surface area (Å²) in [6.07, 6.45) is -4.51. The topological polar surface area (TPSA) is 80.6 Å². The molecule has 0 atom stereocenters. The minimum Gasteiger partial charge on any atom is -0.497 e. The van der Waals surface area contributed by atoms with Crippen LogP contribution in [0.5, 0.6) is 5.75 Å². The number of alkyl halides is 3. The van der Waals surface area contributed by atoms with Crippen LogP contribution in [0.3, 0.4) is 0 Å². The van der Waals surface area contributed by atoms with Gasteiger partial charge in [0.25, 0.3) is 11.8 Å². The SMILES string of the molecule is COc1cccc(NC(=O)c2oc3ccccc3c2NC(=O)c2ccc(C(F)(F)F)cc2)c1. The van der Waals surface area contributed by atoms with E-state index in [4.69, 9.17) is 9.15 Å². The molecule has 0 saturated carbocycles. The zero-order valence-electron chi connectivity index (χ0n) is 17.2. The highest BCUT2D eigenvalue weighted by atomic mass is 19.4. The van der Waals surface area contributed by atoms with Crippen LogP contribution < -0.4 is 15.4 Å². The smallest absolute Gasteiger partial charge is 0.416 e. The number of anilines is 2. The van der Waals surface area contributed by atoms with Crippen LogP contribution in [0.15, 0.2) is 77.2 Å². The summed E-state index contributed by atoms with van der Waals surface area (Å²) in [6.45, 7) is 0. The Labute approximate surface area is 186 Å². The van der Waals surface area contributed by atoms with Crippen LogP contribution in [0.1, 0.15) is 26.5 Å². The summed E-state index contributed by atoms with van der Waals surface area (Å²) in [5.74, 6) is -0.930. The summed E-state index contributed by atoms with van der Waals surface area (Å²) in [7, 11) is 1.50. The van der Waals surface area contributed by atoms with Crippen LogP contribution in [0.25, 0.3) is 11.0 Å². The zero-order chi connectivity index (χ0) is 23.6. The molecule has 0 aliphatic carbocycles. The number of carbonyl (C=O) groups is 2. The molecule has 0 radical (unpaired) electrons. The highest BCUT2D eigenvalue weighted by Crippen LogP contribution is 2.33. The molecule has 4 aromatic rings. The van der Waals surface area contributed by atoms with Crippen LogP contribution in [0, 0.1) is 0 Å². The van der Waals surface area contributed by atoms with Crippen LogP contribution in [-0.4, -0.2) is 18.9 Å². The molecular formula is C24H17F3N2O4. The van der Waals surface area contributed by atoms with Gasteiger partial charge in [0.05, 0.1) is 12.7 Å². The molecular weight excluding hydrogens is 437 g/mol. The van der Waals surface area contributed by atoms with E-state index >= 15 is 0 Å². The Bertz CT molecular complexity index is 1330. The number of methoxy groups -OCH3 is 1. The van der Waals surface area contributed by atoms with Gasteiger partial charge < -0.3 is 19.8 Å². The Morgan fingerprint density at radius 2 is 1.61 bits per heavy atom. The average molecular weight is 454 g/mol. The fourth-order valence-corrected chi connectivity index (χ4v) is 3.21. The van der Waals surface area contributed by atoms with Gasteiger partial charge in [0.1, 0.15) is 17.0 Å². The fraction of sp³-hybridized carbons (Fsp3) is 0.0833. The first-order valence-electron chi connectivity index (χ1n) is 9.72. The largest absolute Gasteiger partial charge is 0.497 e. The van der Waals surface area contributed by atoms with Crippen molar-refractivity contribution in [1.29, 1.82) is 0 Å². The second kappa shape index (κ2) is 8.70. The number of rotatable bonds is 5. The van der Waals surface area contributed by atoms with E-state index in [0.717, 1.165) is 24.3 Å². The summed E-state index contributed by atoms with van der Waals surface area (Å²) in [6, 6.07) is 17.1. The van der Waals surface area contributed by atoms with Crippen LogP contribution in [0.2, 0.25) is 0 Å². The van der Waals surface area contributed by atoms with E-state index in [2.05, 4.69) is 10.6 Å². The molecule has 168 valence electrons. The van der Waals surface area contributed by atoms with Gasteiger partial charge in [-0.1, -0.05) is 18.2 Å². The lowest BCUT2D eigenvalue weighted by Crippen LogP contribution is -2.17. The van der Waals surface area contributed by atoms with E-state index in [1.807, 2.05) is 0 Å². The molecule has 0 fully saturated rings. The lowest BCUT2D eigenvalue weighted by Gasteiger charge is -2.09. The molecule has 3 aromatic carbocycles. The van der Waals surface area contributed by atoms with Crippen molar-refractivity contribution in [2.45, 2.75) is 6.18 Å². The molecule has 9 heteroatoms. The number of hydrogen-bond donors (Lipinski definition) is 2. The van der Waals surface area contributed by atoms with Crippen molar-refractivity contribution in [3.8, 4) is 5.75 Å². The molecule has 33 heavy (non-hydrogen) atoms. The Balaban J connectivity index is 1.65. The number of ether oxygens (including phenoxy) is 1. The van der Waals surface area contributed by atoms with Gasteiger partial charge >= 0.3 is 6.18 Å². The Morgan fingerprint density at radius 3 is 2.30 bits per heavy atom. The average Bonchev–Trinajstić information content (AvgIpc) is 3.17. The standard InChI is InChI=1S/C24H17F3N2O4/c1-32-17-6-4-5-16(13-17)28-23(31)21-20(18-7-2-3-8-19(18)33-21)29-22(30)14-9-11-15(12-10-14)24(25,26)27/h2-13H,1H3,(H,28,31)(H,29,30). The van der Waals surface area contributed by atoms with Crippen LogP contribution in [0.4, 0.5) is 24.5 Å². The Hall–Kier alpha value is -4.27. The number of hydrogen-bond acceptors (Lipinski definition) is 4. The molecule has 0 bridgehead atoms. The fourth-order valence-electron chi connectivity index (χ4n) is 3.21. The predicted octanol–water partition coefficient (Wildman–Crippen LogP) is 5.96. The van der Waals surface area contributed by atoms with E-state index in [1.165, 1.54) is 7.11 Å². The molecule has 1 aromatic heterocycles. The number of carbonyl (C=O) groups excluding carboxylic acids is 2. The van der Waals surface area contributed by atoms with Gasteiger partial charge in [-0.2, -0.15) is 13.2 Å². The van der Waals surface area contributed by atoms with Crippen molar-refractivity contribution in [3.05, 3.63) is 89.7 Å². The summed E-state index contributed by atoms with van der Waals surface area (Å²) in [5.41, 5.74) is 0.0327. The van der Waals surface area contributed by atoms with Crippen molar-refractivity contribution in [2.75, 3.05) is 17.7 Å². The van der Waals surface area contributed by atoms with Crippen molar-refractivity contribution < 1.29 is 31.9 Å². The molecule has 2 N–H and O–H groups in total. The molecule has 4 rings (SSSR count). The molecule has 0 unspecified atom stereocenters. The van der Waals surface area contributed by atoms with Crippen molar-refractivity contribution >= 4 is 34.2 Å². The number of furan rings is 1. The maximum Gasteiger partial charge on any atom is 0.416 e. The maximum atomic E-state index is 13.0. The number of amides is 2. The maximum absolute atomic E-state index is 13.0. The van der Waals surface area contributed by atoms with Gasteiger partial charge in [0, 0.05) is 22.7 Å². The Morgan fingerprint density at radius 1 is 0.879 bits per heavy atom. The lowest BCUT2D eigenvalue weighted by molar-refractivity contribution is -0.137. The van der Waals surface area contributed by atoms with E-state index in [9.17, 15) is 22.8 Å². The number of para-hydroxylation sites is 1. The van der Waals surface area contributed by atoms with Gasteiger partial charge in [-0.25, -0.2) is 0 Å². The minimum absolute atomic E-state index is 0.00700. The highest BCUT2D eigenvalue weighted by molar-refractivity contribution is 6.16. The molecule has 2 amide bonds. The molecule has 0 spiro atoms. The number of halogens is 3. The summed E-state index contributed by atoms with van der Waals surface area (Å²) in [5, 5.41) is 5.75. The minimum atomic E-state index is -4.51. The molecule has 1 heterocycles. The summed E-state index contributed by atoms with van der Waals surface area (Å²) < 4.78 is 49.2. The van der Waals surface area contributed by atoms with Crippen LogP contribution >= 0.6 is 0 Å². The molecule has 0 aliphatic heterocycles. The number of fused-ring (bicyclic) bond motifs is 1. The van der Waals surface area contributed by atoms with Gasteiger partial charge in [0.15, 0.2) is 0 Å². The zero-order valence-corrected chi connectivity index (χ0v) is 17.2. The monoisotopic (exact) mass is 454 g/mol. The van der Waals surface area contributed by atoms with Gasteiger partial charge in [-0.3, -0.25) is 9.59 Å². The lowest BCUT2D eigenvalue weighted by atomic mass is 10.1. The van der Waals surface area contributed by atoms with E-state index in [0.29, 0.717) is 22.4 Å². The second-order valence-electron chi connectivity index (χ2n) is 7.02. The third-order valence-electron chi connectivity index (χ3n) is 4.84. The van der Waals surface area contributed by atoms with Crippen molar-refractivity contribution in [2.24, 2.45) is 0 Å². The Kier molecular flexibility index (Phi) is 5.78. The first kappa shape index (κ1) is 21.9. The first-order chi connectivity index (χ1) is 15.8. The van der Waals surface area contributed by atoms with Crippen molar-refractivity contribution in [3.63, 3.8) is 0 Å². The second-order valence-corrected chi connectivity index (χ2v) is 7.02. The third-order valence-corrected chi connectivity index (χ3v) is 4.84. The number of benzene rings is 3. The predicted molar refractivity (Wildman–Crippen MR) is 117 cm³/mol. The molecule has 0 aliphatic rings. The van der Waals surface area contributed by atoms with Crippen LogP contribution in [-0.2, 0) is 6.18 Å². The van der Waals surface area contributed by atoms with Crippen molar-refractivity contribution in [1.82, 2.24) is 0 Å². The quantitative estimate of drug-likeness (QED) is 0.390.